The van der Waals surface area contributed by atoms with E-state index in [-0.39, 0.29) is 12.0 Å². The summed E-state index contributed by atoms with van der Waals surface area (Å²) in [5.41, 5.74) is 0.885. The molecule has 116 valence electrons. The molecule has 2 rings (SSSR count). The third kappa shape index (κ3) is 3.55. The Kier molecular flexibility index (Phi) is 4.99. The highest BCUT2D eigenvalue weighted by molar-refractivity contribution is 5.85. The molecule has 0 amide bonds. The van der Waals surface area contributed by atoms with Gasteiger partial charge in [-0.25, -0.2) is 0 Å². The SMILES string of the molecule is C=CCCn1ccc2cc(N(C)CCC(=O)O)ccc2c1=O. The maximum Gasteiger partial charge on any atom is 0.305 e. The molecule has 0 aliphatic carbocycles. The van der Waals surface area contributed by atoms with Crippen LogP contribution in [-0.2, 0) is 11.3 Å². The van der Waals surface area contributed by atoms with Crippen molar-refractivity contribution >= 4 is 22.4 Å². The number of carboxylic acids is 1. The third-order valence-electron chi connectivity index (χ3n) is 3.64. The fourth-order valence-corrected chi connectivity index (χ4v) is 2.31. The third-order valence-corrected chi connectivity index (χ3v) is 3.64. The highest BCUT2D eigenvalue weighted by Gasteiger charge is 2.07. The Balaban J connectivity index is 2.30. The van der Waals surface area contributed by atoms with Crippen LogP contribution in [0.3, 0.4) is 0 Å². The maximum absolute atomic E-state index is 12.4. The van der Waals surface area contributed by atoms with Gasteiger partial charge in [0.05, 0.1) is 6.42 Å². The monoisotopic (exact) mass is 300 g/mol. The number of allylic oxidation sites excluding steroid dienone is 1. The molecule has 0 fully saturated rings. The number of aliphatic carboxylic acids is 1. The summed E-state index contributed by atoms with van der Waals surface area (Å²) in [7, 11) is 1.84. The largest absolute Gasteiger partial charge is 0.481 e. The lowest BCUT2D eigenvalue weighted by molar-refractivity contribution is -0.136. The molecule has 0 bridgehead atoms. The zero-order valence-electron chi connectivity index (χ0n) is 12.7. The number of aromatic nitrogens is 1. The molecule has 1 N–H and O–H groups in total. The second kappa shape index (κ2) is 6.93. The van der Waals surface area contributed by atoms with Crippen molar-refractivity contribution < 1.29 is 9.90 Å². The van der Waals surface area contributed by atoms with Gasteiger partial charge in [-0.3, -0.25) is 9.59 Å². The number of pyridine rings is 1. The maximum atomic E-state index is 12.4. The molecule has 0 spiro atoms. The van der Waals surface area contributed by atoms with Crippen molar-refractivity contribution in [3.05, 3.63) is 53.5 Å². The number of hydrogen-bond acceptors (Lipinski definition) is 3. The van der Waals surface area contributed by atoms with E-state index < -0.39 is 5.97 Å². The normalized spacial score (nSPS) is 10.6. The highest BCUT2D eigenvalue weighted by atomic mass is 16.4. The van der Waals surface area contributed by atoms with Crippen molar-refractivity contribution in [3.8, 4) is 0 Å². The van der Waals surface area contributed by atoms with Gasteiger partial charge in [-0.15, -0.1) is 6.58 Å². The van der Waals surface area contributed by atoms with Gasteiger partial charge in [0.1, 0.15) is 0 Å². The van der Waals surface area contributed by atoms with Crippen molar-refractivity contribution in [2.45, 2.75) is 19.4 Å². The van der Waals surface area contributed by atoms with Crippen LogP contribution in [0.25, 0.3) is 10.8 Å². The van der Waals surface area contributed by atoms with E-state index in [1.165, 1.54) is 0 Å². The smallest absolute Gasteiger partial charge is 0.305 e. The van der Waals surface area contributed by atoms with Gasteiger partial charge in [0.2, 0.25) is 0 Å². The first-order valence-electron chi connectivity index (χ1n) is 7.20. The molecule has 5 heteroatoms. The van der Waals surface area contributed by atoms with Crippen molar-refractivity contribution in [3.63, 3.8) is 0 Å². The van der Waals surface area contributed by atoms with Gasteiger partial charge >= 0.3 is 5.97 Å². The number of hydrogen-bond donors (Lipinski definition) is 1. The second-order valence-corrected chi connectivity index (χ2v) is 5.23. The number of benzene rings is 1. The predicted molar refractivity (Wildman–Crippen MR) is 88.5 cm³/mol. The van der Waals surface area contributed by atoms with E-state index in [2.05, 4.69) is 6.58 Å². The summed E-state index contributed by atoms with van der Waals surface area (Å²) in [5, 5.41) is 10.3. The molecule has 0 radical (unpaired) electrons. The minimum absolute atomic E-state index is 0.0147. The lowest BCUT2D eigenvalue weighted by Crippen LogP contribution is -2.22. The Bertz CT molecular complexity index is 749. The van der Waals surface area contributed by atoms with E-state index >= 15 is 0 Å². The molecule has 0 aliphatic heterocycles. The predicted octanol–water partition coefficient (Wildman–Crippen LogP) is 2.49. The van der Waals surface area contributed by atoms with Crippen LogP contribution >= 0.6 is 0 Å². The summed E-state index contributed by atoms with van der Waals surface area (Å²) >= 11 is 0. The summed E-state index contributed by atoms with van der Waals surface area (Å²) < 4.78 is 1.68. The first kappa shape index (κ1) is 15.8. The Morgan fingerprint density at radius 1 is 1.41 bits per heavy atom. The zero-order chi connectivity index (χ0) is 16.1. The van der Waals surface area contributed by atoms with Crippen LogP contribution in [0.15, 0.2) is 47.9 Å². The molecule has 0 saturated heterocycles. The van der Waals surface area contributed by atoms with E-state index in [1.54, 1.807) is 22.9 Å². The molecule has 5 nitrogen and oxygen atoms in total. The average Bonchev–Trinajstić information content (AvgIpc) is 2.51. The van der Waals surface area contributed by atoms with Crippen molar-refractivity contribution in [1.82, 2.24) is 4.57 Å². The van der Waals surface area contributed by atoms with Crippen molar-refractivity contribution in [2.75, 3.05) is 18.5 Å². The first-order chi connectivity index (χ1) is 10.5. The van der Waals surface area contributed by atoms with Crippen LogP contribution < -0.4 is 10.5 Å². The molecule has 0 saturated carbocycles. The average molecular weight is 300 g/mol. The Labute approximate surface area is 129 Å². The summed E-state index contributed by atoms with van der Waals surface area (Å²) in [6.07, 6.45) is 4.41. The van der Waals surface area contributed by atoms with E-state index in [0.29, 0.717) is 18.5 Å². The van der Waals surface area contributed by atoms with Gasteiger partial charge in [0.15, 0.2) is 0 Å². The van der Waals surface area contributed by atoms with E-state index in [4.69, 9.17) is 5.11 Å². The van der Waals surface area contributed by atoms with Crippen LogP contribution in [0.4, 0.5) is 5.69 Å². The second-order valence-electron chi connectivity index (χ2n) is 5.23. The van der Waals surface area contributed by atoms with Crippen LogP contribution in [0.2, 0.25) is 0 Å². The van der Waals surface area contributed by atoms with Gasteiger partial charge in [-0.05, 0) is 36.1 Å². The molecule has 1 aromatic heterocycles. The molecular weight excluding hydrogens is 280 g/mol. The lowest BCUT2D eigenvalue weighted by Gasteiger charge is -2.18. The molecule has 0 atom stereocenters. The van der Waals surface area contributed by atoms with E-state index in [0.717, 1.165) is 17.5 Å². The van der Waals surface area contributed by atoms with Crippen molar-refractivity contribution in [1.29, 1.82) is 0 Å². The number of aryl methyl sites for hydroxylation is 1. The summed E-state index contributed by atoms with van der Waals surface area (Å²) in [6.45, 7) is 4.72. The first-order valence-corrected chi connectivity index (χ1v) is 7.20. The van der Waals surface area contributed by atoms with Gasteiger partial charge in [-0.2, -0.15) is 0 Å². The van der Waals surface area contributed by atoms with E-state index in [1.807, 2.05) is 30.1 Å². The summed E-state index contributed by atoms with van der Waals surface area (Å²) in [4.78, 5) is 24.9. The Hall–Kier alpha value is -2.56. The number of carboxylic acid groups (broad SMARTS) is 1. The van der Waals surface area contributed by atoms with E-state index in [9.17, 15) is 9.59 Å². The molecule has 22 heavy (non-hydrogen) atoms. The minimum atomic E-state index is -0.822. The summed E-state index contributed by atoms with van der Waals surface area (Å²) in [5.74, 6) is -0.822. The zero-order valence-corrected chi connectivity index (χ0v) is 12.7. The van der Waals surface area contributed by atoms with Crippen LogP contribution in [-0.4, -0.2) is 29.2 Å². The van der Waals surface area contributed by atoms with Crippen molar-refractivity contribution in [2.24, 2.45) is 0 Å². The molecule has 1 heterocycles. The number of nitrogens with zero attached hydrogens (tertiary/aromatic N) is 2. The Morgan fingerprint density at radius 3 is 2.86 bits per heavy atom. The summed E-state index contributed by atoms with van der Waals surface area (Å²) in [6, 6.07) is 7.48. The number of anilines is 1. The topological polar surface area (TPSA) is 62.5 Å². The number of carbonyl (C=O) groups is 1. The van der Waals surface area contributed by atoms with Gasteiger partial charge < -0.3 is 14.6 Å². The Morgan fingerprint density at radius 2 is 2.18 bits per heavy atom. The highest BCUT2D eigenvalue weighted by Crippen LogP contribution is 2.19. The van der Waals surface area contributed by atoms with Gasteiger partial charge in [0.25, 0.3) is 5.56 Å². The fourth-order valence-electron chi connectivity index (χ4n) is 2.31. The lowest BCUT2D eigenvalue weighted by atomic mass is 10.1. The molecular formula is C17H20N2O3. The van der Waals surface area contributed by atoms with Gasteiger partial charge in [0, 0.05) is 37.4 Å². The van der Waals surface area contributed by atoms with Crippen LogP contribution in [0.5, 0.6) is 0 Å². The molecule has 2 aromatic rings. The molecule has 0 aliphatic rings. The van der Waals surface area contributed by atoms with Crippen LogP contribution in [0, 0.1) is 0 Å². The van der Waals surface area contributed by atoms with Gasteiger partial charge in [-0.1, -0.05) is 6.08 Å². The number of rotatable bonds is 7. The number of fused-ring (bicyclic) bond motifs is 1. The molecule has 1 aromatic carbocycles. The minimum Gasteiger partial charge on any atom is -0.481 e. The standard InChI is InChI=1S/C17H20N2O3/c1-3-4-9-19-11-7-13-12-14(5-6-15(13)17(19)22)18(2)10-8-16(20)21/h3,5-7,11-12H,1,4,8-10H2,2H3,(H,20,21). The fraction of sp³-hybridized carbons (Fsp3) is 0.294. The van der Waals surface area contributed by atoms with Crippen LogP contribution in [0.1, 0.15) is 12.8 Å². The quantitative estimate of drug-likeness (QED) is 0.798. The molecule has 0 unspecified atom stereocenters.